The van der Waals surface area contributed by atoms with Crippen LogP contribution < -0.4 is 10.1 Å². The first-order valence-electron chi connectivity index (χ1n) is 9.74. The van der Waals surface area contributed by atoms with Crippen molar-refractivity contribution in [2.24, 2.45) is 5.92 Å². The number of carbonyl (C=O) groups is 1. The van der Waals surface area contributed by atoms with Crippen molar-refractivity contribution in [2.45, 2.75) is 19.4 Å². The first kappa shape index (κ1) is 18.3. The number of para-hydroxylation sites is 1. The highest BCUT2D eigenvalue weighted by atomic mass is 16.5. The number of benzene rings is 1. The van der Waals surface area contributed by atoms with Gasteiger partial charge in [-0.15, -0.1) is 0 Å². The molecule has 0 bridgehead atoms. The van der Waals surface area contributed by atoms with Gasteiger partial charge < -0.3 is 19.5 Å². The van der Waals surface area contributed by atoms with Gasteiger partial charge in [0, 0.05) is 43.6 Å². The molecule has 7 heteroatoms. The lowest BCUT2D eigenvalue weighted by molar-refractivity contribution is 0.157. The van der Waals surface area contributed by atoms with Gasteiger partial charge in [-0.05, 0) is 30.9 Å². The topological polar surface area (TPSA) is 72.3 Å². The van der Waals surface area contributed by atoms with Crippen molar-refractivity contribution in [2.75, 3.05) is 26.2 Å². The number of aromatic nitrogens is 3. The van der Waals surface area contributed by atoms with Crippen molar-refractivity contribution < 1.29 is 9.53 Å². The Balaban J connectivity index is 1.24. The second kappa shape index (κ2) is 8.73. The number of urea groups is 1. The van der Waals surface area contributed by atoms with Crippen LogP contribution in [0.25, 0.3) is 10.9 Å². The molecule has 2 aromatic heterocycles. The van der Waals surface area contributed by atoms with Crippen molar-refractivity contribution >= 4 is 16.9 Å². The zero-order chi connectivity index (χ0) is 19.2. The van der Waals surface area contributed by atoms with Gasteiger partial charge >= 0.3 is 6.03 Å². The summed E-state index contributed by atoms with van der Waals surface area (Å²) < 4.78 is 7.92. The number of hydrogen-bond acceptors (Lipinski definition) is 4. The Morgan fingerprint density at radius 3 is 3.07 bits per heavy atom. The van der Waals surface area contributed by atoms with Crippen molar-refractivity contribution in [1.82, 2.24) is 24.8 Å². The molecule has 0 saturated carbocycles. The number of nitrogens with one attached hydrogen (secondary N) is 1. The van der Waals surface area contributed by atoms with Gasteiger partial charge in [0.15, 0.2) is 0 Å². The highest BCUT2D eigenvalue weighted by Gasteiger charge is 2.23. The van der Waals surface area contributed by atoms with E-state index in [0.717, 1.165) is 49.1 Å². The quantitative estimate of drug-likeness (QED) is 0.669. The standard InChI is InChI=1S/C21H25N5O2/c27-21(26-11-3-4-17(15-26)14-25-12-9-22-16-25)24-10-13-28-19-7-1-5-18-6-2-8-23-20(18)19/h1-2,5-9,12,16-17H,3-4,10-11,13-15H2,(H,24,27). The molecule has 1 aliphatic rings. The molecule has 1 atom stereocenters. The molecule has 3 heterocycles. The highest BCUT2D eigenvalue weighted by Crippen LogP contribution is 2.22. The molecule has 1 N–H and O–H groups in total. The lowest BCUT2D eigenvalue weighted by Crippen LogP contribution is -2.47. The lowest BCUT2D eigenvalue weighted by Gasteiger charge is -2.33. The van der Waals surface area contributed by atoms with Gasteiger partial charge in [-0.1, -0.05) is 18.2 Å². The molecular formula is C21H25N5O2. The normalized spacial score (nSPS) is 16.9. The number of piperidine rings is 1. The predicted molar refractivity (Wildman–Crippen MR) is 107 cm³/mol. The van der Waals surface area contributed by atoms with Crippen LogP contribution in [0.4, 0.5) is 4.79 Å². The average molecular weight is 379 g/mol. The summed E-state index contributed by atoms with van der Waals surface area (Å²) in [7, 11) is 0. The van der Waals surface area contributed by atoms with Gasteiger partial charge in [-0.2, -0.15) is 0 Å². The van der Waals surface area contributed by atoms with E-state index in [4.69, 9.17) is 4.74 Å². The third kappa shape index (κ3) is 4.42. The smallest absolute Gasteiger partial charge is 0.317 e. The molecule has 28 heavy (non-hydrogen) atoms. The number of carbonyl (C=O) groups excluding carboxylic acids is 1. The van der Waals surface area contributed by atoms with E-state index in [9.17, 15) is 4.79 Å². The summed E-state index contributed by atoms with van der Waals surface area (Å²) >= 11 is 0. The second-order valence-electron chi connectivity index (χ2n) is 7.13. The zero-order valence-corrected chi connectivity index (χ0v) is 15.8. The van der Waals surface area contributed by atoms with Crippen LogP contribution in [0.2, 0.25) is 0 Å². The SMILES string of the molecule is O=C(NCCOc1cccc2cccnc12)N1CCCC(Cn2ccnc2)C1. The monoisotopic (exact) mass is 379 g/mol. The molecule has 1 unspecified atom stereocenters. The zero-order valence-electron chi connectivity index (χ0n) is 15.8. The molecule has 1 fully saturated rings. The summed E-state index contributed by atoms with van der Waals surface area (Å²) in [4.78, 5) is 22.9. The molecule has 146 valence electrons. The third-order valence-electron chi connectivity index (χ3n) is 5.07. The van der Waals surface area contributed by atoms with E-state index in [1.165, 1.54) is 0 Å². The summed E-state index contributed by atoms with van der Waals surface area (Å²) in [6, 6.07) is 9.76. The van der Waals surface area contributed by atoms with Crippen LogP contribution in [-0.2, 0) is 6.54 Å². The number of nitrogens with zero attached hydrogens (tertiary/aromatic N) is 4. The number of imidazole rings is 1. The van der Waals surface area contributed by atoms with Gasteiger partial charge in [0.05, 0.1) is 12.9 Å². The number of pyridine rings is 1. The number of likely N-dealkylation sites (tertiary alicyclic amines) is 1. The number of fused-ring (bicyclic) bond motifs is 1. The Hall–Kier alpha value is -3.09. The summed E-state index contributed by atoms with van der Waals surface area (Å²) in [6.07, 6.45) is 9.52. The van der Waals surface area contributed by atoms with Crippen molar-refractivity contribution in [3.8, 4) is 5.75 Å². The molecule has 0 aliphatic carbocycles. The fourth-order valence-electron chi connectivity index (χ4n) is 3.71. The Labute approximate surface area is 164 Å². The minimum Gasteiger partial charge on any atom is -0.489 e. The van der Waals surface area contributed by atoms with Gasteiger partial charge in [0.1, 0.15) is 17.9 Å². The molecule has 2 amide bonds. The maximum Gasteiger partial charge on any atom is 0.317 e. The maximum absolute atomic E-state index is 12.5. The summed E-state index contributed by atoms with van der Waals surface area (Å²) in [6.45, 7) is 3.36. The molecule has 1 aromatic carbocycles. The molecular weight excluding hydrogens is 354 g/mol. The van der Waals surface area contributed by atoms with E-state index in [0.29, 0.717) is 19.1 Å². The first-order chi connectivity index (χ1) is 13.8. The largest absolute Gasteiger partial charge is 0.489 e. The minimum absolute atomic E-state index is 0.0185. The number of ether oxygens (including phenoxy) is 1. The summed E-state index contributed by atoms with van der Waals surface area (Å²) in [5.41, 5.74) is 0.842. The number of rotatable bonds is 6. The van der Waals surface area contributed by atoms with Gasteiger partial charge in [0.25, 0.3) is 0 Å². The Morgan fingerprint density at radius 2 is 2.18 bits per heavy atom. The van der Waals surface area contributed by atoms with Crippen LogP contribution >= 0.6 is 0 Å². The lowest BCUT2D eigenvalue weighted by atomic mass is 9.98. The Kier molecular flexibility index (Phi) is 5.70. The number of hydrogen-bond donors (Lipinski definition) is 1. The van der Waals surface area contributed by atoms with Crippen molar-refractivity contribution in [1.29, 1.82) is 0 Å². The van der Waals surface area contributed by atoms with Gasteiger partial charge in [0.2, 0.25) is 0 Å². The number of amides is 2. The van der Waals surface area contributed by atoms with Gasteiger partial charge in [-0.25, -0.2) is 9.78 Å². The van der Waals surface area contributed by atoms with E-state index in [1.807, 2.05) is 47.8 Å². The fourth-order valence-corrected chi connectivity index (χ4v) is 3.71. The van der Waals surface area contributed by atoms with E-state index in [-0.39, 0.29) is 6.03 Å². The molecule has 7 nitrogen and oxygen atoms in total. The van der Waals surface area contributed by atoms with E-state index < -0.39 is 0 Å². The van der Waals surface area contributed by atoms with Gasteiger partial charge in [-0.3, -0.25) is 4.98 Å². The molecule has 4 rings (SSSR count). The van der Waals surface area contributed by atoms with E-state index in [2.05, 4.69) is 19.9 Å². The third-order valence-corrected chi connectivity index (χ3v) is 5.07. The average Bonchev–Trinajstić information content (AvgIpc) is 3.24. The Morgan fingerprint density at radius 1 is 1.25 bits per heavy atom. The van der Waals surface area contributed by atoms with Crippen LogP contribution in [0, 0.1) is 5.92 Å². The summed E-state index contributed by atoms with van der Waals surface area (Å²) in [5, 5.41) is 4.02. The van der Waals surface area contributed by atoms with Crippen LogP contribution in [0.15, 0.2) is 55.2 Å². The first-order valence-corrected chi connectivity index (χ1v) is 9.74. The molecule has 0 spiro atoms. The molecule has 1 aliphatic heterocycles. The Bertz CT molecular complexity index is 907. The minimum atomic E-state index is -0.0185. The van der Waals surface area contributed by atoms with E-state index in [1.54, 1.807) is 12.4 Å². The predicted octanol–water partition coefficient (Wildman–Crippen LogP) is 2.93. The van der Waals surface area contributed by atoms with Crippen LogP contribution in [-0.4, -0.2) is 51.7 Å². The fraction of sp³-hybridized carbons (Fsp3) is 0.381. The molecule has 1 saturated heterocycles. The molecule has 3 aromatic rings. The summed E-state index contributed by atoms with van der Waals surface area (Å²) in [5.74, 6) is 1.21. The van der Waals surface area contributed by atoms with E-state index >= 15 is 0 Å². The van der Waals surface area contributed by atoms with Crippen LogP contribution in [0.1, 0.15) is 12.8 Å². The van der Waals surface area contributed by atoms with Crippen LogP contribution in [0.5, 0.6) is 5.75 Å². The second-order valence-corrected chi connectivity index (χ2v) is 7.13. The van der Waals surface area contributed by atoms with Crippen molar-refractivity contribution in [3.63, 3.8) is 0 Å². The molecule has 0 radical (unpaired) electrons. The highest BCUT2D eigenvalue weighted by molar-refractivity contribution is 5.84. The van der Waals surface area contributed by atoms with Crippen LogP contribution in [0.3, 0.4) is 0 Å². The van der Waals surface area contributed by atoms with Crippen molar-refractivity contribution in [3.05, 3.63) is 55.2 Å². The maximum atomic E-state index is 12.5.